The Balaban J connectivity index is 3.38. The van der Waals surface area contributed by atoms with Gasteiger partial charge in [-0.2, -0.15) is 0 Å². The van der Waals surface area contributed by atoms with Crippen molar-refractivity contribution < 1.29 is 12.9 Å². The number of aromatic nitrogens is 1. The molecule has 0 spiro atoms. The van der Waals surface area contributed by atoms with E-state index in [0.717, 1.165) is 6.26 Å². The fraction of sp³-hybridized carbons (Fsp3) is 0.571. The van der Waals surface area contributed by atoms with Crippen molar-refractivity contribution >= 4 is 38.2 Å². The van der Waals surface area contributed by atoms with Crippen molar-refractivity contribution in [1.29, 1.82) is 0 Å². The van der Waals surface area contributed by atoms with E-state index in [1.165, 1.54) is 0 Å². The minimum atomic E-state index is -3.26. The minimum absolute atomic E-state index is 0.220. The van der Waals surface area contributed by atoms with E-state index >= 15 is 0 Å². The van der Waals surface area contributed by atoms with Crippen molar-refractivity contribution in [2.75, 3.05) is 12.0 Å². The lowest BCUT2D eigenvalue weighted by molar-refractivity contribution is 0.355. The molecule has 1 rings (SSSR count). The van der Waals surface area contributed by atoms with E-state index in [4.69, 9.17) is 10.3 Å². The zero-order chi connectivity index (χ0) is 11.1. The number of halogens is 1. The van der Waals surface area contributed by atoms with Crippen LogP contribution in [0.1, 0.15) is 19.6 Å². The first-order valence-corrected chi connectivity index (χ1v) is 6.75. The molecule has 1 aromatic heterocycles. The average Bonchev–Trinajstić information content (AvgIpc) is 2.30. The summed E-state index contributed by atoms with van der Waals surface area (Å²) in [6.07, 6.45) is 1.15. The Kier molecular flexibility index (Phi) is 2.83. The zero-order valence-electron chi connectivity index (χ0n) is 8.04. The van der Waals surface area contributed by atoms with Crippen LogP contribution in [-0.2, 0) is 14.6 Å². The van der Waals surface area contributed by atoms with Gasteiger partial charge in [-0.25, -0.2) is 8.42 Å². The van der Waals surface area contributed by atoms with Gasteiger partial charge in [0, 0.05) is 6.26 Å². The van der Waals surface area contributed by atoms with E-state index in [0.29, 0.717) is 3.57 Å². The number of anilines is 1. The molecule has 1 heterocycles. The van der Waals surface area contributed by atoms with Crippen LogP contribution in [0.25, 0.3) is 0 Å². The Morgan fingerprint density at radius 3 is 2.29 bits per heavy atom. The number of nitrogens with zero attached hydrogens (tertiary/aromatic N) is 1. The first-order valence-electron chi connectivity index (χ1n) is 3.78. The summed E-state index contributed by atoms with van der Waals surface area (Å²) >= 11 is 1.92. The molecule has 80 valence electrons. The highest BCUT2D eigenvalue weighted by atomic mass is 127. The molecule has 7 heteroatoms. The number of hydrogen-bond acceptors (Lipinski definition) is 5. The van der Waals surface area contributed by atoms with Gasteiger partial charge in [0.05, 0.1) is 0 Å². The summed E-state index contributed by atoms with van der Waals surface area (Å²) in [5.74, 6) is 0.510. The lowest BCUT2D eigenvalue weighted by Gasteiger charge is -2.18. The molecule has 0 amide bonds. The van der Waals surface area contributed by atoms with Crippen LogP contribution < -0.4 is 5.73 Å². The maximum absolute atomic E-state index is 11.5. The summed E-state index contributed by atoms with van der Waals surface area (Å²) in [7, 11) is -3.26. The van der Waals surface area contributed by atoms with Gasteiger partial charge in [-0.1, -0.05) is 5.16 Å². The van der Waals surface area contributed by atoms with Gasteiger partial charge >= 0.3 is 0 Å². The smallest absolute Gasteiger partial charge is 0.180 e. The van der Waals surface area contributed by atoms with Crippen molar-refractivity contribution in [2.24, 2.45) is 0 Å². The van der Waals surface area contributed by atoms with Crippen LogP contribution in [0.3, 0.4) is 0 Å². The van der Waals surface area contributed by atoms with Crippen LogP contribution in [0.4, 0.5) is 5.82 Å². The summed E-state index contributed by atoms with van der Waals surface area (Å²) in [5, 5.41) is 3.53. The van der Waals surface area contributed by atoms with Crippen LogP contribution in [0, 0.1) is 3.57 Å². The Hall–Kier alpha value is -0.310. The fourth-order valence-corrected chi connectivity index (χ4v) is 2.36. The SMILES string of the molecule is CC(C)(c1onc(N)c1I)S(C)(=O)=O. The van der Waals surface area contributed by atoms with E-state index < -0.39 is 14.6 Å². The minimum Gasteiger partial charge on any atom is -0.380 e. The zero-order valence-corrected chi connectivity index (χ0v) is 11.0. The molecule has 0 atom stereocenters. The van der Waals surface area contributed by atoms with E-state index in [9.17, 15) is 8.42 Å². The predicted molar refractivity (Wildman–Crippen MR) is 61.5 cm³/mol. The predicted octanol–water partition coefficient (Wildman–Crippen LogP) is 1.14. The lowest BCUT2D eigenvalue weighted by atomic mass is 10.1. The highest BCUT2D eigenvalue weighted by Crippen LogP contribution is 2.34. The molecule has 5 nitrogen and oxygen atoms in total. The first kappa shape index (κ1) is 11.8. The summed E-state index contributed by atoms with van der Waals surface area (Å²) in [5.41, 5.74) is 5.47. The lowest BCUT2D eigenvalue weighted by Crippen LogP contribution is -2.28. The third-order valence-electron chi connectivity index (χ3n) is 2.13. The maximum Gasteiger partial charge on any atom is 0.180 e. The topological polar surface area (TPSA) is 86.2 Å². The number of sulfone groups is 1. The molecular weight excluding hydrogens is 319 g/mol. The Morgan fingerprint density at radius 1 is 1.50 bits per heavy atom. The van der Waals surface area contributed by atoms with Gasteiger partial charge in [0.25, 0.3) is 0 Å². The van der Waals surface area contributed by atoms with Gasteiger partial charge < -0.3 is 10.3 Å². The molecule has 0 unspecified atom stereocenters. The number of nitrogen functional groups attached to an aromatic ring is 1. The molecule has 0 fully saturated rings. The second-order valence-electron chi connectivity index (χ2n) is 3.49. The van der Waals surface area contributed by atoms with Crippen LogP contribution in [0.15, 0.2) is 4.52 Å². The van der Waals surface area contributed by atoms with Gasteiger partial charge in [0.15, 0.2) is 21.4 Å². The largest absolute Gasteiger partial charge is 0.380 e. The summed E-state index contributed by atoms with van der Waals surface area (Å²) in [4.78, 5) is 0. The van der Waals surface area contributed by atoms with E-state index in [1.807, 2.05) is 22.6 Å². The summed E-state index contributed by atoms with van der Waals surface area (Å²) in [6.45, 7) is 3.12. The summed E-state index contributed by atoms with van der Waals surface area (Å²) < 4.78 is 27.3. The normalized spacial score (nSPS) is 13.1. The first-order chi connectivity index (χ1) is 6.18. The van der Waals surface area contributed by atoms with Crippen LogP contribution in [-0.4, -0.2) is 19.8 Å². The van der Waals surface area contributed by atoms with E-state index in [1.54, 1.807) is 13.8 Å². The highest BCUT2D eigenvalue weighted by molar-refractivity contribution is 14.1. The van der Waals surface area contributed by atoms with Crippen molar-refractivity contribution in [3.05, 3.63) is 9.33 Å². The monoisotopic (exact) mass is 330 g/mol. The number of nitrogens with two attached hydrogens (primary N) is 1. The second kappa shape index (κ2) is 3.37. The third kappa shape index (κ3) is 1.74. The Bertz CT molecular complexity index is 450. The molecule has 0 bridgehead atoms. The quantitative estimate of drug-likeness (QED) is 0.822. The summed E-state index contributed by atoms with van der Waals surface area (Å²) in [6, 6.07) is 0. The molecule has 0 aliphatic heterocycles. The Morgan fingerprint density at radius 2 is 2.00 bits per heavy atom. The molecule has 0 radical (unpaired) electrons. The standard InChI is InChI=1S/C7H11IN2O3S/c1-7(2,14(3,11)12)5-4(8)6(9)10-13-5/h1-3H3,(H2,9,10). The molecule has 1 aromatic rings. The number of hydrogen-bond donors (Lipinski definition) is 1. The third-order valence-corrected chi connectivity index (χ3v) is 5.22. The van der Waals surface area contributed by atoms with E-state index in [2.05, 4.69) is 5.16 Å². The van der Waals surface area contributed by atoms with Gasteiger partial charge in [-0.05, 0) is 36.4 Å². The van der Waals surface area contributed by atoms with Gasteiger partial charge in [-0.3, -0.25) is 0 Å². The average molecular weight is 330 g/mol. The molecule has 2 N–H and O–H groups in total. The number of rotatable bonds is 2. The molecule has 0 aliphatic rings. The van der Waals surface area contributed by atoms with Gasteiger partial charge in [0.1, 0.15) is 8.32 Å². The molecule has 0 saturated carbocycles. The molecule has 0 aliphatic carbocycles. The van der Waals surface area contributed by atoms with Crippen molar-refractivity contribution in [3.63, 3.8) is 0 Å². The molecule has 0 saturated heterocycles. The van der Waals surface area contributed by atoms with Crippen LogP contribution in [0.5, 0.6) is 0 Å². The second-order valence-corrected chi connectivity index (χ2v) is 7.14. The van der Waals surface area contributed by atoms with Crippen LogP contribution >= 0.6 is 22.6 Å². The van der Waals surface area contributed by atoms with Crippen molar-refractivity contribution in [3.8, 4) is 0 Å². The van der Waals surface area contributed by atoms with Crippen LogP contribution in [0.2, 0.25) is 0 Å². The molecular formula is C7H11IN2O3S. The van der Waals surface area contributed by atoms with Gasteiger partial charge in [-0.15, -0.1) is 0 Å². The van der Waals surface area contributed by atoms with Crippen molar-refractivity contribution in [1.82, 2.24) is 5.16 Å². The van der Waals surface area contributed by atoms with E-state index in [-0.39, 0.29) is 11.6 Å². The van der Waals surface area contributed by atoms with Crippen molar-refractivity contribution in [2.45, 2.75) is 18.6 Å². The molecule has 0 aromatic carbocycles. The molecule has 14 heavy (non-hydrogen) atoms. The fourth-order valence-electron chi connectivity index (χ4n) is 0.834. The Labute approximate surface area is 96.1 Å². The highest BCUT2D eigenvalue weighted by Gasteiger charge is 2.38. The maximum atomic E-state index is 11.5. The van der Waals surface area contributed by atoms with Gasteiger partial charge in [0.2, 0.25) is 0 Å².